The standard InChI is InChI=1S/C14H15N3O2S2/c1-9-13(17-21-16-9)7-20-8-14(19)15-12-5-3-11(4-6-12)10(2)18/h3-6H,7-8H2,1-2H3,(H,15,19). The Hall–Kier alpha value is -1.73. The normalized spacial score (nSPS) is 10.4. The summed E-state index contributed by atoms with van der Waals surface area (Å²) in [6.45, 7) is 3.43. The van der Waals surface area contributed by atoms with Crippen molar-refractivity contribution >= 4 is 40.9 Å². The zero-order chi connectivity index (χ0) is 15.2. The third-order valence-electron chi connectivity index (χ3n) is 2.79. The summed E-state index contributed by atoms with van der Waals surface area (Å²) < 4.78 is 8.26. The van der Waals surface area contributed by atoms with Gasteiger partial charge in [-0.15, -0.1) is 11.8 Å². The van der Waals surface area contributed by atoms with Crippen LogP contribution in [0.1, 0.15) is 28.7 Å². The summed E-state index contributed by atoms with van der Waals surface area (Å²) in [6, 6.07) is 6.87. The number of aromatic nitrogens is 2. The molecule has 0 atom stereocenters. The van der Waals surface area contributed by atoms with E-state index in [0.717, 1.165) is 11.4 Å². The number of anilines is 1. The van der Waals surface area contributed by atoms with Gasteiger partial charge in [0.25, 0.3) is 0 Å². The van der Waals surface area contributed by atoms with Crippen molar-refractivity contribution in [1.29, 1.82) is 0 Å². The number of carbonyl (C=O) groups is 2. The Morgan fingerprint density at radius 1 is 1.24 bits per heavy atom. The number of nitrogens with one attached hydrogen (secondary N) is 1. The van der Waals surface area contributed by atoms with Gasteiger partial charge in [-0.3, -0.25) is 9.59 Å². The topological polar surface area (TPSA) is 72.0 Å². The van der Waals surface area contributed by atoms with E-state index in [9.17, 15) is 9.59 Å². The summed E-state index contributed by atoms with van der Waals surface area (Å²) >= 11 is 2.69. The fourth-order valence-electron chi connectivity index (χ4n) is 1.61. The average Bonchev–Trinajstić information content (AvgIpc) is 2.85. The van der Waals surface area contributed by atoms with Crippen LogP contribution in [0, 0.1) is 6.92 Å². The molecule has 110 valence electrons. The molecule has 1 heterocycles. The Morgan fingerprint density at radius 3 is 2.52 bits per heavy atom. The highest BCUT2D eigenvalue weighted by atomic mass is 32.2. The molecule has 0 radical (unpaired) electrons. The number of hydrogen-bond acceptors (Lipinski definition) is 6. The van der Waals surface area contributed by atoms with Gasteiger partial charge in [0.2, 0.25) is 5.91 Å². The van der Waals surface area contributed by atoms with Crippen LogP contribution in [0.25, 0.3) is 0 Å². The van der Waals surface area contributed by atoms with E-state index in [4.69, 9.17) is 0 Å². The first-order valence-electron chi connectivity index (χ1n) is 6.33. The maximum absolute atomic E-state index is 11.8. The minimum atomic E-state index is -0.0728. The molecular weight excluding hydrogens is 306 g/mol. The van der Waals surface area contributed by atoms with Crippen molar-refractivity contribution in [1.82, 2.24) is 8.75 Å². The molecule has 0 aliphatic carbocycles. The van der Waals surface area contributed by atoms with Crippen LogP contribution in [0.5, 0.6) is 0 Å². The molecule has 1 N–H and O–H groups in total. The van der Waals surface area contributed by atoms with E-state index in [1.807, 2.05) is 6.92 Å². The van der Waals surface area contributed by atoms with E-state index >= 15 is 0 Å². The first-order valence-corrected chi connectivity index (χ1v) is 8.21. The number of nitrogens with zero attached hydrogens (tertiary/aromatic N) is 2. The van der Waals surface area contributed by atoms with Crippen molar-refractivity contribution in [2.45, 2.75) is 19.6 Å². The summed E-state index contributed by atoms with van der Waals surface area (Å²) in [5.74, 6) is 0.969. The molecule has 2 rings (SSSR count). The first kappa shape index (κ1) is 15.7. The second kappa shape index (κ2) is 7.33. The lowest BCUT2D eigenvalue weighted by Gasteiger charge is -2.05. The van der Waals surface area contributed by atoms with Crippen molar-refractivity contribution in [3.63, 3.8) is 0 Å². The number of carbonyl (C=O) groups excluding carboxylic acids is 2. The maximum Gasteiger partial charge on any atom is 0.234 e. The lowest BCUT2D eigenvalue weighted by molar-refractivity contribution is -0.113. The summed E-state index contributed by atoms with van der Waals surface area (Å²) in [7, 11) is 0. The summed E-state index contributed by atoms with van der Waals surface area (Å²) in [6.07, 6.45) is 0. The molecule has 0 unspecified atom stereocenters. The van der Waals surface area contributed by atoms with Gasteiger partial charge in [-0.25, -0.2) is 0 Å². The molecule has 2 aromatic rings. The molecule has 7 heteroatoms. The Bertz CT molecular complexity index is 638. The van der Waals surface area contributed by atoms with Crippen LogP contribution >= 0.6 is 23.5 Å². The van der Waals surface area contributed by atoms with Gasteiger partial charge < -0.3 is 5.32 Å². The molecule has 21 heavy (non-hydrogen) atoms. The second-order valence-electron chi connectivity index (χ2n) is 4.47. The van der Waals surface area contributed by atoms with E-state index in [2.05, 4.69) is 14.1 Å². The monoisotopic (exact) mass is 321 g/mol. The number of benzene rings is 1. The van der Waals surface area contributed by atoms with Crippen LogP contribution in [-0.2, 0) is 10.5 Å². The average molecular weight is 321 g/mol. The summed E-state index contributed by atoms with van der Waals surface area (Å²) in [5, 5.41) is 2.80. The number of rotatable bonds is 6. The number of hydrogen-bond donors (Lipinski definition) is 1. The van der Waals surface area contributed by atoms with Gasteiger partial charge in [0.1, 0.15) is 0 Å². The number of Topliss-reactive ketones (excluding diaryl/α,β-unsaturated/α-hetero) is 1. The maximum atomic E-state index is 11.8. The van der Waals surface area contributed by atoms with Gasteiger partial charge in [0.05, 0.1) is 28.9 Å². The zero-order valence-electron chi connectivity index (χ0n) is 11.8. The fourth-order valence-corrected chi connectivity index (χ4v) is 3.08. The molecule has 5 nitrogen and oxygen atoms in total. The van der Waals surface area contributed by atoms with Gasteiger partial charge in [0, 0.05) is 17.0 Å². The molecule has 1 aromatic carbocycles. The predicted octanol–water partition coefficient (Wildman–Crippen LogP) is 2.92. The minimum absolute atomic E-state index is 0.00988. The van der Waals surface area contributed by atoms with E-state index in [1.165, 1.54) is 30.4 Å². The lowest BCUT2D eigenvalue weighted by Crippen LogP contribution is -2.14. The molecule has 0 aliphatic heterocycles. The molecule has 0 saturated heterocycles. The lowest BCUT2D eigenvalue weighted by atomic mass is 10.1. The van der Waals surface area contributed by atoms with E-state index in [-0.39, 0.29) is 11.7 Å². The third-order valence-corrected chi connectivity index (χ3v) is 4.39. The summed E-state index contributed by atoms with van der Waals surface area (Å²) in [5.41, 5.74) is 3.18. The number of amides is 1. The molecule has 0 spiro atoms. The molecule has 0 bridgehead atoms. The molecule has 1 amide bonds. The predicted molar refractivity (Wildman–Crippen MR) is 85.9 cm³/mol. The van der Waals surface area contributed by atoms with Crippen molar-refractivity contribution in [3.05, 3.63) is 41.2 Å². The fraction of sp³-hybridized carbons (Fsp3) is 0.286. The van der Waals surface area contributed by atoms with E-state index in [0.29, 0.717) is 22.8 Å². The Balaban J connectivity index is 1.79. The molecular formula is C14H15N3O2S2. The van der Waals surface area contributed by atoms with Crippen molar-refractivity contribution in [3.8, 4) is 0 Å². The first-order chi connectivity index (χ1) is 10.1. The molecule has 0 aliphatic rings. The highest BCUT2D eigenvalue weighted by Crippen LogP contribution is 2.15. The van der Waals surface area contributed by atoms with Crippen LogP contribution in [0.2, 0.25) is 0 Å². The Morgan fingerprint density at radius 2 is 1.95 bits per heavy atom. The molecule has 0 fully saturated rings. The highest BCUT2D eigenvalue weighted by Gasteiger charge is 2.07. The van der Waals surface area contributed by atoms with Gasteiger partial charge in [-0.2, -0.15) is 8.75 Å². The van der Waals surface area contributed by atoms with E-state index in [1.54, 1.807) is 24.3 Å². The minimum Gasteiger partial charge on any atom is -0.325 e. The van der Waals surface area contributed by atoms with Crippen molar-refractivity contribution in [2.24, 2.45) is 0 Å². The van der Waals surface area contributed by atoms with Gasteiger partial charge in [0.15, 0.2) is 5.78 Å². The Kier molecular flexibility index (Phi) is 5.46. The quantitative estimate of drug-likeness (QED) is 0.828. The van der Waals surface area contributed by atoms with Crippen LogP contribution in [0.15, 0.2) is 24.3 Å². The zero-order valence-corrected chi connectivity index (χ0v) is 13.4. The van der Waals surface area contributed by atoms with Crippen molar-refractivity contribution in [2.75, 3.05) is 11.1 Å². The second-order valence-corrected chi connectivity index (χ2v) is 5.98. The smallest absolute Gasteiger partial charge is 0.234 e. The van der Waals surface area contributed by atoms with Crippen molar-refractivity contribution < 1.29 is 9.59 Å². The van der Waals surface area contributed by atoms with E-state index < -0.39 is 0 Å². The van der Waals surface area contributed by atoms with Gasteiger partial charge in [-0.1, -0.05) is 0 Å². The Labute approximate surface area is 131 Å². The number of ketones is 1. The van der Waals surface area contributed by atoms with Gasteiger partial charge >= 0.3 is 0 Å². The molecule has 0 saturated carbocycles. The molecule has 1 aromatic heterocycles. The SMILES string of the molecule is CC(=O)c1ccc(NC(=O)CSCc2nsnc2C)cc1. The number of aryl methyl sites for hydroxylation is 1. The summed E-state index contributed by atoms with van der Waals surface area (Å²) in [4.78, 5) is 23.0. The number of thioether (sulfide) groups is 1. The third kappa shape index (κ3) is 4.64. The highest BCUT2D eigenvalue weighted by molar-refractivity contribution is 7.99. The van der Waals surface area contributed by atoms with Gasteiger partial charge in [-0.05, 0) is 38.1 Å². The van der Waals surface area contributed by atoms with Crippen LogP contribution in [0.4, 0.5) is 5.69 Å². The van der Waals surface area contributed by atoms with Crippen LogP contribution in [-0.4, -0.2) is 26.2 Å². The van der Waals surface area contributed by atoms with Crippen LogP contribution in [0.3, 0.4) is 0 Å². The largest absolute Gasteiger partial charge is 0.325 e. The van der Waals surface area contributed by atoms with Crippen LogP contribution < -0.4 is 5.32 Å².